The Bertz CT molecular complexity index is 512. The van der Waals surface area contributed by atoms with Gasteiger partial charge in [0.2, 0.25) is 5.95 Å². The predicted molar refractivity (Wildman–Crippen MR) is 70.2 cm³/mol. The number of hydrogen-bond acceptors (Lipinski definition) is 4. The number of hydrogen-bond donors (Lipinski definition) is 0. The molecular formula is C12H14ClN5. The molecule has 0 aliphatic carbocycles. The Morgan fingerprint density at radius 2 is 2.11 bits per heavy atom. The van der Waals surface area contributed by atoms with Crippen molar-refractivity contribution in [2.75, 3.05) is 23.9 Å². The smallest absolute Gasteiger partial charge is 0.250 e. The third-order valence-electron chi connectivity index (χ3n) is 3.24. The molecule has 0 saturated carbocycles. The minimum atomic E-state index is 0.535. The molecule has 1 atom stereocenters. The van der Waals surface area contributed by atoms with Crippen LogP contribution in [0.15, 0.2) is 30.3 Å². The molecule has 1 fully saturated rings. The Balaban J connectivity index is 1.89. The zero-order valence-electron chi connectivity index (χ0n) is 9.91. The van der Waals surface area contributed by atoms with Gasteiger partial charge in [-0.3, -0.25) is 0 Å². The molecule has 0 radical (unpaired) electrons. The molecular weight excluding hydrogens is 250 g/mol. The molecule has 1 aliphatic rings. The number of anilines is 1. The molecule has 2 heterocycles. The third kappa shape index (κ3) is 2.06. The Morgan fingerprint density at radius 1 is 1.28 bits per heavy atom. The minimum absolute atomic E-state index is 0.535. The fraction of sp³-hybridized carbons (Fsp3) is 0.417. The van der Waals surface area contributed by atoms with E-state index in [2.05, 4.69) is 20.4 Å². The first-order chi connectivity index (χ1) is 8.88. The summed E-state index contributed by atoms with van der Waals surface area (Å²) in [5.41, 5.74) is 0.979. The Morgan fingerprint density at radius 3 is 2.83 bits per heavy atom. The number of rotatable bonds is 3. The minimum Gasteiger partial charge on any atom is -0.339 e. The number of tetrazole rings is 1. The molecule has 0 bridgehead atoms. The summed E-state index contributed by atoms with van der Waals surface area (Å²) in [5.74, 6) is 2.03. The summed E-state index contributed by atoms with van der Waals surface area (Å²) in [6.45, 7) is 1.89. The lowest BCUT2D eigenvalue weighted by Gasteiger charge is -2.16. The summed E-state index contributed by atoms with van der Waals surface area (Å²) >= 11 is 5.91. The molecule has 0 N–H and O–H groups in total. The summed E-state index contributed by atoms with van der Waals surface area (Å²) in [4.78, 5) is 2.19. The Hall–Kier alpha value is -1.62. The maximum Gasteiger partial charge on any atom is 0.250 e. The summed E-state index contributed by atoms with van der Waals surface area (Å²) in [6.07, 6.45) is 1.10. The van der Waals surface area contributed by atoms with Crippen molar-refractivity contribution in [2.45, 2.75) is 6.42 Å². The van der Waals surface area contributed by atoms with Crippen LogP contribution in [0.5, 0.6) is 0 Å². The molecule has 0 spiro atoms. The quantitative estimate of drug-likeness (QED) is 0.792. The zero-order chi connectivity index (χ0) is 12.4. The van der Waals surface area contributed by atoms with Crippen molar-refractivity contribution >= 4 is 17.5 Å². The van der Waals surface area contributed by atoms with E-state index in [4.69, 9.17) is 11.6 Å². The first kappa shape index (κ1) is 11.5. The summed E-state index contributed by atoms with van der Waals surface area (Å²) in [6, 6.07) is 9.93. The molecule has 94 valence electrons. The third-order valence-corrected chi connectivity index (χ3v) is 3.68. The van der Waals surface area contributed by atoms with E-state index in [9.17, 15) is 0 Å². The first-order valence-electron chi connectivity index (χ1n) is 6.03. The number of halogens is 1. The maximum atomic E-state index is 5.91. The summed E-state index contributed by atoms with van der Waals surface area (Å²) in [5, 5.41) is 12.0. The second-order valence-electron chi connectivity index (χ2n) is 4.48. The molecule has 1 aromatic carbocycles. The van der Waals surface area contributed by atoms with Gasteiger partial charge in [-0.15, -0.1) is 11.6 Å². The molecule has 2 aromatic rings. The Kier molecular flexibility index (Phi) is 3.15. The number of alkyl halides is 1. The molecule has 0 amide bonds. The lowest BCUT2D eigenvalue weighted by molar-refractivity contribution is 0.664. The lowest BCUT2D eigenvalue weighted by atomic mass is 10.2. The average Bonchev–Trinajstić information content (AvgIpc) is 3.08. The normalized spacial score (nSPS) is 19.4. The number of benzene rings is 1. The highest BCUT2D eigenvalue weighted by molar-refractivity contribution is 6.18. The molecule has 5 nitrogen and oxygen atoms in total. The van der Waals surface area contributed by atoms with Gasteiger partial charge in [0, 0.05) is 19.0 Å². The fourth-order valence-corrected chi connectivity index (χ4v) is 2.51. The topological polar surface area (TPSA) is 46.8 Å². The monoisotopic (exact) mass is 263 g/mol. The first-order valence-corrected chi connectivity index (χ1v) is 6.56. The molecule has 1 aromatic heterocycles. The van der Waals surface area contributed by atoms with Crippen LogP contribution < -0.4 is 4.90 Å². The van der Waals surface area contributed by atoms with Gasteiger partial charge in [-0.1, -0.05) is 23.3 Å². The van der Waals surface area contributed by atoms with Crippen LogP contribution in [-0.4, -0.2) is 39.2 Å². The highest BCUT2D eigenvalue weighted by Crippen LogP contribution is 2.23. The van der Waals surface area contributed by atoms with E-state index in [1.54, 1.807) is 4.68 Å². The highest BCUT2D eigenvalue weighted by Gasteiger charge is 2.26. The van der Waals surface area contributed by atoms with Crippen molar-refractivity contribution in [3.8, 4) is 5.69 Å². The average molecular weight is 264 g/mol. The van der Waals surface area contributed by atoms with E-state index in [0.717, 1.165) is 31.1 Å². The van der Waals surface area contributed by atoms with Crippen LogP contribution in [0.3, 0.4) is 0 Å². The van der Waals surface area contributed by atoms with E-state index in [1.165, 1.54) is 0 Å². The van der Waals surface area contributed by atoms with Gasteiger partial charge in [0.15, 0.2) is 0 Å². The van der Waals surface area contributed by atoms with Crippen molar-refractivity contribution in [1.29, 1.82) is 0 Å². The van der Waals surface area contributed by atoms with Gasteiger partial charge in [-0.2, -0.15) is 4.68 Å². The number of aromatic nitrogens is 4. The van der Waals surface area contributed by atoms with Crippen molar-refractivity contribution in [3.63, 3.8) is 0 Å². The van der Waals surface area contributed by atoms with E-state index < -0.39 is 0 Å². The largest absolute Gasteiger partial charge is 0.339 e. The van der Waals surface area contributed by atoms with E-state index in [0.29, 0.717) is 11.8 Å². The number of nitrogens with zero attached hydrogens (tertiary/aromatic N) is 5. The SMILES string of the molecule is ClCC1CCN(c2nnnn2-c2ccccc2)C1. The van der Waals surface area contributed by atoms with Crippen LogP contribution >= 0.6 is 11.6 Å². The fourth-order valence-electron chi connectivity index (χ4n) is 2.26. The molecule has 1 unspecified atom stereocenters. The van der Waals surface area contributed by atoms with Crippen LogP contribution in [0.1, 0.15) is 6.42 Å². The van der Waals surface area contributed by atoms with Gasteiger partial charge in [0.05, 0.1) is 5.69 Å². The summed E-state index contributed by atoms with van der Waals surface area (Å²) in [7, 11) is 0. The molecule has 1 aliphatic heterocycles. The van der Waals surface area contributed by atoms with Gasteiger partial charge < -0.3 is 4.90 Å². The summed E-state index contributed by atoms with van der Waals surface area (Å²) < 4.78 is 1.77. The van der Waals surface area contributed by atoms with Crippen molar-refractivity contribution in [2.24, 2.45) is 5.92 Å². The highest BCUT2D eigenvalue weighted by atomic mass is 35.5. The van der Waals surface area contributed by atoms with Crippen molar-refractivity contribution in [1.82, 2.24) is 20.2 Å². The van der Waals surface area contributed by atoms with Gasteiger partial charge in [-0.05, 0) is 34.9 Å². The lowest BCUT2D eigenvalue weighted by Crippen LogP contribution is -2.23. The second-order valence-corrected chi connectivity index (χ2v) is 4.79. The second kappa shape index (κ2) is 4.94. The molecule has 3 rings (SSSR count). The van der Waals surface area contributed by atoms with Gasteiger partial charge >= 0.3 is 0 Å². The molecule has 6 heteroatoms. The van der Waals surface area contributed by atoms with Crippen LogP contribution in [-0.2, 0) is 0 Å². The van der Waals surface area contributed by atoms with Crippen LogP contribution in [0, 0.1) is 5.92 Å². The zero-order valence-corrected chi connectivity index (χ0v) is 10.7. The van der Waals surface area contributed by atoms with Crippen LogP contribution in [0.25, 0.3) is 5.69 Å². The van der Waals surface area contributed by atoms with Crippen molar-refractivity contribution in [3.05, 3.63) is 30.3 Å². The van der Waals surface area contributed by atoms with E-state index in [-0.39, 0.29) is 0 Å². The van der Waals surface area contributed by atoms with Gasteiger partial charge in [-0.25, -0.2) is 0 Å². The van der Waals surface area contributed by atoms with Crippen molar-refractivity contribution < 1.29 is 0 Å². The predicted octanol–water partition coefficient (Wildman–Crippen LogP) is 1.73. The van der Waals surface area contributed by atoms with Crippen LogP contribution in [0.2, 0.25) is 0 Å². The van der Waals surface area contributed by atoms with Gasteiger partial charge in [0.1, 0.15) is 0 Å². The standard InChI is InChI=1S/C12H14ClN5/c13-8-10-6-7-17(9-10)12-14-15-16-18(12)11-4-2-1-3-5-11/h1-5,10H,6-9H2. The molecule has 1 saturated heterocycles. The van der Waals surface area contributed by atoms with Gasteiger partial charge in [0.25, 0.3) is 0 Å². The number of para-hydroxylation sites is 1. The van der Waals surface area contributed by atoms with E-state index >= 15 is 0 Å². The molecule has 18 heavy (non-hydrogen) atoms. The van der Waals surface area contributed by atoms with Crippen LogP contribution in [0.4, 0.5) is 5.95 Å². The van der Waals surface area contributed by atoms with E-state index in [1.807, 2.05) is 30.3 Å². The Labute approximate surface area is 110 Å². The maximum absolute atomic E-state index is 5.91.